The maximum Gasteiger partial charge on any atom is 0.267 e. The monoisotopic (exact) mass is 289 g/mol. The largest absolute Gasteiger partial charge is 0.383 e. The molecule has 0 amide bonds. The number of benzene rings is 1. The Bertz CT molecular complexity index is 744. The number of nitrogens with two attached hydrogens (primary N) is 1. The molecule has 2 N–H and O–H groups in total. The molecule has 1 aromatic carbocycles. The van der Waals surface area contributed by atoms with Crippen LogP contribution in [0, 0.1) is 0 Å². The van der Waals surface area contributed by atoms with Crippen LogP contribution >= 0.6 is 0 Å². The van der Waals surface area contributed by atoms with Gasteiger partial charge in [0.15, 0.2) is 0 Å². The van der Waals surface area contributed by atoms with E-state index in [1.54, 1.807) is 6.07 Å². The number of nitrogens with zero attached hydrogens (tertiary/aromatic N) is 2. The van der Waals surface area contributed by atoms with Crippen LogP contribution in [0.25, 0.3) is 0 Å². The number of nitrogen functional groups attached to an aromatic ring is 1. The van der Waals surface area contributed by atoms with E-state index in [9.17, 15) is 8.42 Å². The lowest BCUT2D eigenvalue weighted by atomic mass is 10.0. The van der Waals surface area contributed by atoms with E-state index in [-0.39, 0.29) is 10.7 Å². The number of anilines is 2. The Kier molecular flexibility index (Phi) is 3.10. The first-order valence-electron chi connectivity index (χ1n) is 6.42. The molecule has 3 rings (SSSR count). The lowest BCUT2D eigenvalue weighted by Crippen LogP contribution is -2.35. The van der Waals surface area contributed by atoms with Crippen molar-refractivity contribution in [3.05, 3.63) is 48.2 Å². The van der Waals surface area contributed by atoms with Crippen LogP contribution in [0.3, 0.4) is 0 Å². The zero-order valence-corrected chi connectivity index (χ0v) is 11.7. The second-order valence-electron chi connectivity index (χ2n) is 4.70. The minimum atomic E-state index is -3.66. The van der Waals surface area contributed by atoms with Gasteiger partial charge in [0.05, 0.1) is 5.69 Å². The van der Waals surface area contributed by atoms with Gasteiger partial charge in [0.25, 0.3) is 10.0 Å². The minimum absolute atomic E-state index is 0.0376. The lowest BCUT2D eigenvalue weighted by molar-refractivity contribution is 0.586. The van der Waals surface area contributed by atoms with Crippen molar-refractivity contribution >= 4 is 21.5 Å². The summed E-state index contributed by atoms with van der Waals surface area (Å²) in [7, 11) is -3.66. The third kappa shape index (κ3) is 2.02. The Morgan fingerprint density at radius 2 is 1.95 bits per heavy atom. The zero-order valence-electron chi connectivity index (χ0n) is 10.9. The van der Waals surface area contributed by atoms with Gasteiger partial charge in [-0.2, -0.15) is 0 Å². The van der Waals surface area contributed by atoms with Crippen LogP contribution in [-0.2, 0) is 16.4 Å². The highest BCUT2D eigenvalue weighted by molar-refractivity contribution is 7.93. The van der Waals surface area contributed by atoms with Gasteiger partial charge in [0, 0.05) is 12.7 Å². The van der Waals surface area contributed by atoms with Crippen LogP contribution < -0.4 is 10.0 Å². The van der Waals surface area contributed by atoms with E-state index in [1.165, 1.54) is 16.6 Å². The number of para-hydroxylation sites is 1. The highest BCUT2D eigenvalue weighted by atomic mass is 32.2. The third-order valence-corrected chi connectivity index (χ3v) is 5.30. The van der Waals surface area contributed by atoms with Crippen molar-refractivity contribution in [2.24, 2.45) is 0 Å². The van der Waals surface area contributed by atoms with Crippen molar-refractivity contribution in [3.8, 4) is 0 Å². The Morgan fingerprint density at radius 3 is 2.75 bits per heavy atom. The topological polar surface area (TPSA) is 76.3 Å². The number of hydrogen-bond acceptors (Lipinski definition) is 4. The summed E-state index contributed by atoms with van der Waals surface area (Å²) in [5.74, 6) is 0.0376. The fourth-order valence-corrected chi connectivity index (χ4v) is 4.10. The van der Waals surface area contributed by atoms with Crippen molar-refractivity contribution in [3.63, 3.8) is 0 Å². The molecule has 0 saturated carbocycles. The van der Waals surface area contributed by atoms with Gasteiger partial charge >= 0.3 is 0 Å². The standard InChI is InChI=1S/C14H15N3O2S/c15-14-13(8-3-9-16-14)20(18,19)17-10-4-6-11-5-1-2-7-12(11)17/h1-3,5,7-9H,4,6,10H2,(H2,15,16). The summed E-state index contributed by atoms with van der Waals surface area (Å²) < 4.78 is 27.0. The van der Waals surface area contributed by atoms with Gasteiger partial charge in [-0.25, -0.2) is 13.4 Å². The predicted octanol–water partition coefficient (Wildman–Crippen LogP) is 1.81. The molecule has 104 valence electrons. The smallest absolute Gasteiger partial charge is 0.267 e. The van der Waals surface area contributed by atoms with Crippen molar-refractivity contribution in [2.45, 2.75) is 17.7 Å². The molecule has 0 aliphatic carbocycles. The Morgan fingerprint density at radius 1 is 1.15 bits per heavy atom. The zero-order chi connectivity index (χ0) is 14.2. The highest BCUT2D eigenvalue weighted by Gasteiger charge is 2.30. The van der Waals surface area contributed by atoms with Gasteiger partial charge in [-0.3, -0.25) is 4.31 Å². The van der Waals surface area contributed by atoms with E-state index >= 15 is 0 Å². The summed E-state index contributed by atoms with van der Waals surface area (Å²) in [6.45, 7) is 0.466. The van der Waals surface area contributed by atoms with E-state index < -0.39 is 10.0 Å². The summed E-state index contributed by atoms with van der Waals surface area (Å²) in [6, 6.07) is 10.6. The molecule has 20 heavy (non-hydrogen) atoms. The number of fused-ring (bicyclic) bond motifs is 1. The van der Waals surface area contributed by atoms with E-state index in [0.29, 0.717) is 6.54 Å². The summed E-state index contributed by atoms with van der Waals surface area (Å²) >= 11 is 0. The number of hydrogen-bond donors (Lipinski definition) is 1. The second-order valence-corrected chi connectivity index (χ2v) is 6.53. The molecule has 0 unspecified atom stereocenters. The number of aryl methyl sites for hydroxylation is 1. The molecule has 6 heteroatoms. The van der Waals surface area contributed by atoms with Crippen LogP contribution in [0.5, 0.6) is 0 Å². The molecule has 1 aliphatic rings. The van der Waals surface area contributed by atoms with E-state index in [2.05, 4.69) is 4.98 Å². The normalized spacial score (nSPS) is 14.9. The first-order chi connectivity index (χ1) is 9.60. The van der Waals surface area contributed by atoms with E-state index in [4.69, 9.17) is 5.73 Å². The molecular formula is C14H15N3O2S. The molecule has 0 saturated heterocycles. The van der Waals surface area contributed by atoms with Gasteiger partial charge in [-0.1, -0.05) is 18.2 Å². The predicted molar refractivity (Wildman–Crippen MR) is 77.9 cm³/mol. The van der Waals surface area contributed by atoms with Crippen LogP contribution in [0.15, 0.2) is 47.5 Å². The maximum absolute atomic E-state index is 12.8. The SMILES string of the molecule is Nc1ncccc1S(=O)(=O)N1CCCc2ccccc21. The molecule has 1 aliphatic heterocycles. The molecule has 0 bridgehead atoms. The third-order valence-electron chi connectivity index (χ3n) is 3.44. The molecule has 1 aromatic heterocycles. The van der Waals surface area contributed by atoms with E-state index in [1.807, 2.05) is 24.3 Å². The molecular weight excluding hydrogens is 274 g/mol. The van der Waals surface area contributed by atoms with Crippen molar-refractivity contribution in [1.82, 2.24) is 4.98 Å². The van der Waals surface area contributed by atoms with Gasteiger partial charge in [-0.15, -0.1) is 0 Å². The number of sulfonamides is 1. The van der Waals surface area contributed by atoms with Crippen LogP contribution in [0.4, 0.5) is 11.5 Å². The van der Waals surface area contributed by atoms with E-state index in [0.717, 1.165) is 24.1 Å². The summed E-state index contributed by atoms with van der Waals surface area (Å²) in [5, 5.41) is 0. The van der Waals surface area contributed by atoms with Crippen molar-refractivity contribution < 1.29 is 8.42 Å². The van der Waals surface area contributed by atoms with Crippen LogP contribution in [0.2, 0.25) is 0 Å². The molecule has 0 spiro atoms. The summed E-state index contributed by atoms with van der Waals surface area (Å²) in [4.78, 5) is 3.93. The molecule has 0 atom stereocenters. The van der Waals surface area contributed by atoms with Crippen LogP contribution in [0.1, 0.15) is 12.0 Å². The molecule has 5 nitrogen and oxygen atoms in total. The Labute approximate surface area is 118 Å². The molecule has 2 heterocycles. The quantitative estimate of drug-likeness (QED) is 0.914. The number of rotatable bonds is 2. The highest BCUT2D eigenvalue weighted by Crippen LogP contribution is 2.32. The second kappa shape index (κ2) is 4.79. The first-order valence-corrected chi connectivity index (χ1v) is 7.86. The molecule has 0 radical (unpaired) electrons. The summed E-state index contributed by atoms with van der Waals surface area (Å²) in [5.41, 5.74) is 7.50. The average Bonchev–Trinajstić information content (AvgIpc) is 2.47. The number of aromatic nitrogens is 1. The summed E-state index contributed by atoms with van der Waals surface area (Å²) in [6.07, 6.45) is 3.18. The van der Waals surface area contributed by atoms with Gasteiger partial charge < -0.3 is 5.73 Å². The average molecular weight is 289 g/mol. The molecule has 0 fully saturated rings. The van der Waals surface area contributed by atoms with Gasteiger partial charge in [0.1, 0.15) is 10.7 Å². The van der Waals surface area contributed by atoms with Gasteiger partial charge in [0.2, 0.25) is 0 Å². The maximum atomic E-state index is 12.8. The fourth-order valence-electron chi connectivity index (χ4n) is 2.49. The number of pyridine rings is 1. The molecule has 2 aromatic rings. The van der Waals surface area contributed by atoms with Crippen molar-refractivity contribution in [1.29, 1.82) is 0 Å². The van der Waals surface area contributed by atoms with Crippen LogP contribution in [-0.4, -0.2) is 19.9 Å². The fraction of sp³-hybridized carbons (Fsp3) is 0.214. The Balaban J connectivity index is 2.13. The Hall–Kier alpha value is -2.08. The minimum Gasteiger partial charge on any atom is -0.383 e. The lowest BCUT2D eigenvalue weighted by Gasteiger charge is -2.30. The van der Waals surface area contributed by atoms with Crippen molar-refractivity contribution in [2.75, 3.05) is 16.6 Å². The first kappa shape index (κ1) is 12.9. The van der Waals surface area contributed by atoms with Gasteiger partial charge in [-0.05, 0) is 36.6 Å².